The van der Waals surface area contributed by atoms with Gasteiger partial charge in [-0.3, -0.25) is 4.79 Å². The predicted octanol–water partition coefficient (Wildman–Crippen LogP) is 2.69. The van der Waals surface area contributed by atoms with E-state index in [4.69, 9.17) is 14.2 Å². The molecule has 6 nitrogen and oxygen atoms in total. The van der Waals surface area contributed by atoms with E-state index in [0.717, 1.165) is 11.8 Å². The van der Waals surface area contributed by atoms with Gasteiger partial charge in [-0.1, -0.05) is 17.7 Å². The van der Waals surface area contributed by atoms with Crippen LogP contribution in [-0.4, -0.2) is 53.5 Å². The first-order valence-electron chi connectivity index (χ1n) is 8.64. The molecule has 0 heterocycles. The third-order valence-corrected chi connectivity index (χ3v) is 5.46. The summed E-state index contributed by atoms with van der Waals surface area (Å²) in [6, 6.07) is 13.6. The summed E-state index contributed by atoms with van der Waals surface area (Å²) in [7, 11) is -3.32. The second-order valence-corrected chi connectivity index (χ2v) is 8.00. The number of rotatable bonds is 12. The lowest BCUT2D eigenvalue weighted by atomic mass is 10.2. The summed E-state index contributed by atoms with van der Waals surface area (Å²) in [6.45, 7) is 3.48. The minimum Gasteiger partial charge on any atom is -0.491 e. The van der Waals surface area contributed by atoms with Gasteiger partial charge >= 0.3 is 0 Å². The maximum absolute atomic E-state index is 12.1. The topological polar surface area (TPSA) is 78.9 Å². The van der Waals surface area contributed by atoms with Gasteiger partial charge in [-0.25, -0.2) is 8.42 Å². The highest BCUT2D eigenvalue weighted by atomic mass is 32.2. The molecule has 0 radical (unpaired) electrons. The van der Waals surface area contributed by atoms with Gasteiger partial charge in [0.15, 0.2) is 9.84 Å². The number of aryl methyl sites for hydroxylation is 1. The molecule has 0 aliphatic rings. The number of carbonyl (C=O) groups is 1. The van der Waals surface area contributed by atoms with Crippen molar-refractivity contribution in [2.24, 2.45) is 0 Å². The number of carbonyl (C=O) groups excluding carboxylic acids is 1. The van der Waals surface area contributed by atoms with Gasteiger partial charge in [0.2, 0.25) is 0 Å². The molecule has 2 aromatic rings. The molecule has 146 valence electrons. The van der Waals surface area contributed by atoms with Crippen LogP contribution in [0.4, 0.5) is 0 Å². The molecular weight excluding hydrogens is 368 g/mol. The van der Waals surface area contributed by atoms with Crippen molar-refractivity contribution in [1.29, 1.82) is 0 Å². The third kappa shape index (κ3) is 7.50. The number of hydrogen-bond donors (Lipinski definition) is 0. The summed E-state index contributed by atoms with van der Waals surface area (Å²) in [5, 5.41) is 0. The quantitative estimate of drug-likeness (QED) is 0.408. The van der Waals surface area contributed by atoms with Crippen LogP contribution in [0.15, 0.2) is 53.4 Å². The van der Waals surface area contributed by atoms with Crippen LogP contribution < -0.4 is 4.74 Å². The summed E-state index contributed by atoms with van der Waals surface area (Å²) in [5.74, 6) is 0.609. The first kappa shape index (κ1) is 21.1. The van der Waals surface area contributed by atoms with Crippen molar-refractivity contribution in [3.05, 3.63) is 59.7 Å². The molecule has 0 amide bonds. The summed E-state index contributed by atoms with van der Waals surface area (Å²) in [6.07, 6.45) is 0.777. The smallest absolute Gasteiger partial charge is 0.180 e. The highest BCUT2D eigenvalue weighted by molar-refractivity contribution is 7.91. The molecule has 0 aliphatic carbocycles. The standard InChI is InChI=1S/C20H24O6S/c1-17-2-8-20(9-3-17)27(22,23)15-14-25-11-10-24-12-13-26-19-6-4-18(16-21)5-7-19/h2-9,16H,10-15H2,1H3. The maximum atomic E-state index is 12.1. The SMILES string of the molecule is Cc1ccc(S(=O)(=O)CCOCCOCCOc2ccc(C=O)cc2)cc1. The summed E-state index contributed by atoms with van der Waals surface area (Å²) in [4.78, 5) is 10.9. The monoisotopic (exact) mass is 392 g/mol. The second-order valence-electron chi connectivity index (χ2n) is 5.89. The van der Waals surface area contributed by atoms with Crippen LogP contribution >= 0.6 is 0 Å². The Kier molecular flexibility index (Phi) is 8.44. The molecule has 7 heteroatoms. The molecule has 0 unspecified atom stereocenters. The molecule has 0 N–H and O–H groups in total. The Balaban J connectivity index is 1.53. The zero-order valence-corrected chi connectivity index (χ0v) is 16.1. The van der Waals surface area contributed by atoms with Crippen molar-refractivity contribution in [3.8, 4) is 5.75 Å². The fraction of sp³-hybridized carbons (Fsp3) is 0.350. The van der Waals surface area contributed by atoms with Crippen molar-refractivity contribution < 1.29 is 27.4 Å². The van der Waals surface area contributed by atoms with E-state index < -0.39 is 9.84 Å². The van der Waals surface area contributed by atoms with Gasteiger partial charge in [-0.15, -0.1) is 0 Å². The van der Waals surface area contributed by atoms with Crippen molar-refractivity contribution in [2.75, 3.05) is 38.8 Å². The lowest BCUT2D eigenvalue weighted by Crippen LogP contribution is -2.15. The molecule has 0 bridgehead atoms. The molecule has 0 aromatic heterocycles. The van der Waals surface area contributed by atoms with Gasteiger partial charge < -0.3 is 14.2 Å². The first-order valence-corrected chi connectivity index (χ1v) is 10.3. The molecular formula is C20H24O6S. The fourth-order valence-electron chi connectivity index (χ4n) is 2.22. The van der Waals surface area contributed by atoms with Gasteiger partial charge in [-0.05, 0) is 43.3 Å². The number of sulfone groups is 1. The Morgan fingerprint density at radius 3 is 2.04 bits per heavy atom. The first-order chi connectivity index (χ1) is 13.0. The van der Waals surface area contributed by atoms with Gasteiger partial charge in [0.05, 0.1) is 37.1 Å². The summed E-state index contributed by atoms with van der Waals surface area (Å²) < 4.78 is 40.5. The lowest BCUT2D eigenvalue weighted by Gasteiger charge is -2.08. The van der Waals surface area contributed by atoms with Crippen molar-refractivity contribution >= 4 is 16.1 Å². The molecule has 27 heavy (non-hydrogen) atoms. The average Bonchev–Trinajstić information content (AvgIpc) is 2.67. The molecule has 0 spiro atoms. The van der Waals surface area contributed by atoms with Gasteiger partial charge in [-0.2, -0.15) is 0 Å². The normalized spacial score (nSPS) is 11.3. The zero-order valence-electron chi connectivity index (χ0n) is 15.3. The molecule has 2 aromatic carbocycles. The van der Waals surface area contributed by atoms with E-state index in [9.17, 15) is 13.2 Å². The van der Waals surface area contributed by atoms with Crippen molar-refractivity contribution in [1.82, 2.24) is 0 Å². The highest BCUT2D eigenvalue weighted by Gasteiger charge is 2.13. The molecule has 0 atom stereocenters. The minimum atomic E-state index is -3.32. The van der Waals surface area contributed by atoms with Crippen molar-refractivity contribution in [2.45, 2.75) is 11.8 Å². The third-order valence-electron chi connectivity index (χ3n) is 3.76. The van der Waals surface area contributed by atoms with E-state index in [2.05, 4.69) is 0 Å². The van der Waals surface area contributed by atoms with Crippen LogP contribution in [-0.2, 0) is 19.3 Å². The van der Waals surface area contributed by atoms with Crippen LogP contribution in [0.1, 0.15) is 15.9 Å². The van der Waals surface area contributed by atoms with Gasteiger partial charge in [0.25, 0.3) is 0 Å². The maximum Gasteiger partial charge on any atom is 0.180 e. The summed E-state index contributed by atoms with van der Waals surface area (Å²) >= 11 is 0. The van der Waals surface area contributed by atoms with E-state index in [1.54, 1.807) is 48.5 Å². The Labute approximate surface area is 160 Å². The Bertz CT molecular complexity index is 797. The minimum absolute atomic E-state index is 0.0596. The molecule has 0 saturated heterocycles. The van der Waals surface area contributed by atoms with E-state index >= 15 is 0 Å². The largest absolute Gasteiger partial charge is 0.491 e. The molecule has 0 saturated carbocycles. The molecule has 0 aliphatic heterocycles. The molecule has 0 fully saturated rings. The lowest BCUT2D eigenvalue weighted by molar-refractivity contribution is 0.0410. The van der Waals surface area contributed by atoms with E-state index in [-0.39, 0.29) is 12.4 Å². The number of hydrogen-bond acceptors (Lipinski definition) is 6. The van der Waals surface area contributed by atoms with E-state index in [1.165, 1.54) is 0 Å². The number of ether oxygens (including phenoxy) is 3. The predicted molar refractivity (Wildman–Crippen MR) is 102 cm³/mol. The Hall–Kier alpha value is -2.22. The number of aldehydes is 1. The Morgan fingerprint density at radius 1 is 0.815 bits per heavy atom. The van der Waals surface area contributed by atoms with Gasteiger partial charge in [0.1, 0.15) is 18.6 Å². The zero-order chi connectivity index (χ0) is 19.5. The average molecular weight is 392 g/mol. The van der Waals surface area contributed by atoms with Crippen LogP contribution in [0, 0.1) is 6.92 Å². The van der Waals surface area contributed by atoms with Crippen LogP contribution in [0.25, 0.3) is 0 Å². The van der Waals surface area contributed by atoms with E-state index in [1.807, 2.05) is 6.92 Å². The van der Waals surface area contributed by atoms with Crippen molar-refractivity contribution in [3.63, 3.8) is 0 Å². The van der Waals surface area contributed by atoms with Crippen LogP contribution in [0.2, 0.25) is 0 Å². The fourth-order valence-corrected chi connectivity index (χ4v) is 3.34. The Morgan fingerprint density at radius 2 is 1.41 bits per heavy atom. The molecule has 2 rings (SSSR count). The highest BCUT2D eigenvalue weighted by Crippen LogP contribution is 2.12. The van der Waals surface area contributed by atoms with Gasteiger partial charge in [0, 0.05) is 5.56 Å². The van der Waals surface area contributed by atoms with Crippen LogP contribution in [0.3, 0.4) is 0 Å². The number of benzene rings is 2. The summed E-state index contributed by atoms with van der Waals surface area (Å²) in [5.41, 5.74) is 1.62. The van der Waals surface area contributed by atoms with E-state index in [0.29, 0.717) is 42.6 Å². The second kappa shape index (κ2) is 10.8. The van der Waals surface area contributed by atoms with Crippen LogP contribution in [0.5, 0.6) is 5.75 Å².